The third-order valence-electron chi connectivity index (χ3n) is 4.31. The van der Waals surface area contributed by atoms with E-state index in [1.165, 1.54) is 0 Å². The summed E-state index contributed by atoms with van der Waals surface area (Å²) < 4.78 is 5.34. The molecule has 0 unspecified atom stereocenters. The summed E-state index contributed by atoms with van der Waals surface area (Å²) in [5, 5.41) is 4.77. The predicted octanol–water partition coefficient (Wildman–Crippen LogP) is 4.70. The molecule has 2 aromatic heterocycles. The third kappa shape index (κ3) is 3.94. The van der Waals surface area contributed by atoms with Gasteiger partial charge in [-0.15, -0.1) is 0 Å². The average Bonchev–Trinajstić information content (AvgIpc) is 2.95. The van der Waals surface area contributed by atoms with Gasteiger partial charge in [-0.2, -0.15) is 0 Å². The fourth-order valence-electron chi connectivity index (χ4n) is 2.76. The van der Waals surface area contributed by atoms with Crippen molar-refractivity contribution in [1.29, 1.82) is 0 Å². The first-order valence-corrected chi connectivity index (χ1v) is 9.05. The van der Waals surface area contributed by atoms with E-state index in [1.807, 2.05) is 17.9 Å². The summed E-state index contributed by atoms with van der Waals surface area (Å²) in [5.74, 6) is 0.295. The lowest BCUT2D eigenvalue weighted by molar-refractivity contribution is 0.0752. The van der Waals surface area contributed by atoms with Crippen molar-refractivity contribution in [2.24, 2.45) is 0 Å². The molecule has 2 heterocycles. The lowest BCUT2D eigenvalue weighted by Crippen LogP contribution is -2.33. The van der Waals surface area contributed by atoms with Crippen LogP contribution in [-0.4, -0.2) is 34.0 Å². The largest absolute Gasteiger partial charge is 0.339 e. The molecule has 5 heteroatoms. The Morgan fingerprint density at radius 1 is 1.21 bits per heavy atom. The number of hydrogen-bond acceptors (Lipinski definition) is 4. The van der Waals surface area contributed by atoms with Gasteiger partial charge in [0.05, 0.1) is 16.6 Å². The third-order valence-corrected chi connectivity index (χ3v) is 4.31. The van der Waals surface area contributed by atoms with Crippen LogP contribution in [0.1, 0.15) is 81.0 Å². The Labute approximate surface area is 144 Å². The summed E-state index contributed by atoms with van der Waals surface area (Å²) in [6, 6.07) is 1.92. The van der Waals surface area contributed by atoms with Gasteiger partial charge in [-0.05, 0) is 31.7 Å². The molecule has 0 radical (unpaired) electrons. The quantitative estimate of drug-likeness (QED) is 0.703. The highest BCUT2D eigenvalue weighted by Gasteiger charge is 2.23. The number of carbonyl (C=O) groups is 1. The van der Waals surface area contributed by atoms with E-state index in [9.17, 15) is 4.79 Å². The lowest BCUT2D eigenvalue weighted by Gasteiger charge is -2.23. The molecular weight excluding hydrogens is 302 g/mol. The second-order valence-electron chi connectivity index (χ2n) is 6.70. The van der Waals surface area contributed by atoms with Gasteiger partial charge in [0.15, 0.2) is 0 Å². The van der Waals surface area contributed by atoms with Crippen LogP contribution in [0.15, 0.2) is 10.6 Å². The zero-order valence-corrected chi connectivity index (χ0v) is 15.6. The van der Waals surface area contributed by atoms with Crippen LogP contribution in [0.4, 0.5) is 0 Å². The molecule has 0 saturated heterocycles. The van der Waals surface area contributed by atoms with E-state index in [2.05, 4.69) is 37.8 Å². The van der Waals surface area contributed by atoms with E-state index < -0.39 is 0 Å². The first-order chi connectivity index (χ1) is 11.5. The molecule has 0 atom stereocenters. The first kappa shape index (κ1) is 18.4. The van der Waals surface area contributed by atoms with Crippen LogP contribution < -0.4 is 0 Å². The predicted molar refractivity (Wildman–Crippen MR) is 96.3 cm³/mol. The number of fused-ring (bicyclic) bond motifs is 1. The van der Waals surface area contributed by atoms with Crippen molar-refractivity contribution in [1.82, 2.24) is 15.0 Å². The van der Waals surface area contributed by atoms with Gasteiger partial charge >= 0.3 is 0 Å². The first-order valence-electron chi connectivity index (χ1n) is 9.05. The molecule has 0 fully saturated rings. The molecular formula is C19H29N3O2. The Hall–Kier alpha value is -1.91. The van der Waals surface area contributed by atoms with Crippen molar-refractivity contribution < 1.29 is 9.32 Å². The van der Waals surface area contributed by atoms with Gasteiger partial charge in [-0.25, -0.2) is 4.98 Å². The summed E-state index contributed by atoms with van der Waals surface area (Å²) in [4.78, 5) is 19.7. The summed E-state index contributed by atoms with van der Waals surface area (Å²) >= 11 is 0. The van der Waals surface area contributed by atoms with Gasteiger partial charge in [0, 0.05) is 18.8 Å². The van der Waals surface area contributed by atoms with Crippen molar-refractivity contribution in [3.05, 3.63) is 23.0 Å². The minimum absolute atomic E-state index is 0.0671. The summed E-state index contributed by atoms with van der Waals surface area (Å²) in [5.41, 5.74) is 2.73. The zero-order valence-electron chi connectivity index (χ0n) is 15.6. The fourth-order valence-corrected chi connectivity index (χ4v) is 2.76. The highest BCUT2D eigenvalue weighted by molar-refractivity contribution is 6.06. The monoisotopic (exact) mass is 331 g/mol. The number of nitrogens with zero attached hydrogens (tertiary/aromatic N) is 3. The Morgan fingerprint density at radius 2 is 1.83 bits per heavy atom. The Kier molecular flexibility index (Phi) is 6.35. The number of rotatable bonds is 8. The van der Waals surface area contributed by atoms with E-state index in [-0.39, 0.29) is 11.8 Å². The van der Waals surface area contributed by atoms with Crippen molar-refractivity contribution in [2.75, 3.05) is 13.1 Å². The van der Waals surface area contributed by atoms with E-state index in [4.69, 9.17) is 4.52 Å². The summed E-state index contributed by atoms with van der Waals surface area (Å²) in [6.45, 7) is 11.9. The molecule has 0 aromatic carbocycles. The summed E-state index contributed by atoms with van der Waals surface area (Å²) in [6.07, 6.45) is 4.18. The second-order valence-corrected chi connectivity index (χ2v) is 6.70. The molecule has 24 heavy (non-hydrogen) atoms. The number of pyridine rings is 1. The van der Waals surface area contributed by atoms with Crippen LogP contribution in [0.3, 0.4) is 0 Å². The maximum absolute atomic E-state index is 13.2. The molecule has 5 nitrogen and oxygen atoms in total. The van der Waals surface area contributed by atoms with Crippen molar-refractivity contribution in [3.63, 3.8) is 0 Å². The molecule has 0 saturated carbocycles. The SMILES string of the molecule is CCCCN(CCCC)C(=O)c1cc(C(C)C)nc2onc(C)c12. The van der Waals surface area contributed by atoms with Gasteiger partial charge in [-0.1, -0.05) is 45.7 Å². The molecule has 2 aromatic rings. The van der Waals surface area contributed by atoms with Crippen LogP contribution in [0, 0.1) is 6.92 Å². The molecule has 0 bridgehead atoms. The molecule has 0 N–H and O–H groups in total. The number of aromatic nitrogens is 2. The molecule has 0 spiro atoms. The molecule has 132 valence electrons. The van der Waals surface area contributed by atoms with Crippen LogP contribution in [0.5, 0.6) is 0 Å². The number of amides is 1. The zero-order chi connectivity index (χ0) is 17.7. The smallest absolute Gasteiger partial charge is 0.259 e. The number of hydrogen-bond donors (Lipinski definition) is 0. The molecule has 0 aliphatic rings. The normalized spacial score (nSPS) is 11.4. The highest BCUT2D eigenvalue weighted by atomic mass is 16.5. The number of unbranched alkanes of at least 4 members (excludes halogenated alkanes) is 2. The topological polar surface area (TPSA) is 59.2 Å². The van der Waals surface area contributed by atoms with Gasteiger partial charge < -0.3 is 9.42 Å². The van der Waals surface area contributed by atoms with Gasteiger partial charge in [0.2, 0.25) is 0 Å². The molecule has 0 aliphatic carbocycles. The van der Waals surface area contributed by atoms with Crippen molar-refractivity contribution >= 4 is 17.0 Å². The number of aryl methyl sites for hydroxylation is 1. The van der Waals surface area contributed by atoms with Crippen LogP contribution in [0.2, 0.25) is 0 Å². The van der Waals surface area contributed by atoms with Gasteiger partial charge in [0.25, 0.3) is 11.6 Å². The average molecular weight is 331 g/mol. The minimum Gasteiger partial charge on any atom is -0.339 e. The van der Waals surface area contributed by atoms with E-state index in [0.29, 0.717) is 11.3 Å². The van der Waals surface area contributed by atoms with Crippen LogP contribution in [0.25, 0.3) is 11.1 Å². The van der Waals surface area contributed by atoms with E-state index in [0.717, 1.165) is 55.5 Å². The Bertz CT molecular complexity index is 683. The number of carbonyl (C=O) groups excluding carboxylic acids is 1. The Balaban J connectivity index is 2.46. The summed E-state index contributed by atoms with van der Waals surface area (Å²) in [7, 11) is 0. The fraction of sp³-hybridized carbons (Fsp3) is 0.632. The highest BCUT2D eigenvalue weighted by Crippen LogP contribution is 2.26. The second kappa shape index (κ2) is 8.27. The van der Waals surface area contributed by atoms with E-state index in [1.54, 1.807) is 0 Å². The van der Waals surface area contributed by atoms with E-state index >= 15 is 0 Å². The Morgan fingerprint density at radius 3 is 2.38 bits per heavy atom. The maximum Gasteiger partial charge on any atom is 0.259 e. The molecule has 1 amide bonds. The molecule has 0 aliphatic heterocycles. The van der Waals surface area contributed by atoms with Crippen LogP contribution >= 0.6 is 0 Å². The van der Waals surface area contributed by atoms with Gasteiger partial charge in [0.1, 0.15) is 0 Å². The van der Waals surface area contributed by atoms with Crippen LogP contribution in [-0.2, 0) is 0 Å². The lowest BCUT2D eigenvalue weighted by atomic mass is 10.0. The van der Waals surface area contributed by atoms with Crippen molar-refractivity contribution in [2.45, 2.75) is 66.2 Å². The molecule has 2 rings (SSSR count). The van der Waals surface area contributed by atoms with Crippen molar-refractivity contribution in [3.8, 4) is 0 Å². The van der Waals surface area contributed by atoms with Gasteiger partial charge in [-0.3, -0.25) is 4.79 Å². The minimum atomic E-state index is 0.0671. The standard InChI is InChI=1S/C19H29N3O2/c1-6-8-10-22(11-9-7-2)19(23)15-12-16(13(3)4)20-18-17(15)14(5)21-24-18/h12-13H,6-11H2,1-5H3. The maximum atomic E-state index is 13.2.